The number of carbonyl (C=O) groups is 2. The van der Waals surface area contributed by atoms with Crippen LogP contribution in [-0.2, 0) is 11.8 Å². The van der Waals surface area contributed by atoms with Gasteiger partial charge < -0.3 is 10.4 Å². The molecule has 1 aliphatic heterocycles. The Kier molecular flexibility index (Phi) is 4.05. The molecule has 1 amide bonds. The fraction of sp³-hybridized carbons (Fsp3) is 0.167. The average molecular weight is 388 g/mol. The van der Waals surface area contributed by atoms with Crippen molar-refractivity contribution < 1.29 is 14.7 Å². The highest BCUT2D eigenvalue weighted by Gasteiger charge is 2.34. The summed E-state index contributed by atoms with van der Waals surface area (Å²) in [6.45, 7) is 0. The van der Waals surface area contributed by atoms with Crippen LogP contribution < -0.4 is 5.32 Å². The summed E-state index contributed by atoms with van der Waals surface area (Å²) in [5.74, 6) is -1.37. The van der Waals surface area contributed by atoms with Crippen molar-refractivity contribution in [3.05, 3.63) is 57.0 Å². The normalized spacial score (nSPS) is 16.2. The average Bonchev–Trinajstić information content (AvgIpc) is 3.19. The molecule has 26 heavy (non-hydrogen) atoms. The van der Waals surface area contributed by atoms with Crippen LogP contribution in [0.15, 0.2) is 36.7 Å². The molecule has 2 aromatic heterocycles. The molecule has 1 aromatic carbocycles. The van der Waals surface area contributed by atoms with E-state index in [1.54, 1.807) is 35.1 Å². The molecule has 0 spiro atoms. The molecule has 8 heteroatoms. The van der Waals surface area contributed by atoms with Crippen LogP contribution in [0.5, 0.6) is 0 Å². The number of rotatable bonds is 3. The number of aromatic carboxylic acids is 1. The van der Waals surface area contributed by atoms with E-state index >= 15 is 0 Å². The highest BCUT2D eigenvalue weighted by atomic mass is 35.5. The van der Waals surface area contributed by atoms with Gasteiger partial charge in [0.1, 0.15) is 4.88 Å². The highest BCUT2D eigenvalue weighted by molar-refractivity contribution is 7.15. The quantitative estimate of drug-likeness (QED) is 0.712. The number of nitrogens with zero attached hydrogens (tertiary/aromatic N) is 2. The first-order chi connectivity index (χ1) is 12.4. The highest BCUT2D eigenvalue weighted by Crippen LogP contribution is 2.49. The number of hydrogen-bond acceptors (Lipinski definition) is 4. The first-order valence-electron chi connectivity index (χ1n) is 7.88. The SMILES string of the molecule is Cn1cc([C@@H]2CC(=O)Nc3c2sc(C(=O)O)c3-c2ccc(Cl)cc2)cn1. The lowest BCUT2D eigenvalue weighted by atomic mass is 9.90. The number of aromatic nitrogens is 2. The zero-order chi connectivity index (χ0) is 18.4. The standard InChI is InChI=1S/C18H14ClN3O3S/c1-22-8-10(7-20-22)12-6-13(23)21-15-14(9-2-4-11(19)5-3-9)17(18(24)25)26-16(12)15/h2-5,7-8,12H,6H2,1H3,(H,21,23)(H,24,25)/t12-/m0/s1. The molecule has 3 aromatic rings. The second-order valence-corrected chi connectivity index (χ2v) is 7.60. The number of hydrogen-bond donors (Lipinski definition) is 2. The number of amides is 1. The van der Waals surface area contributed by atoms with Crippen molar-refractivity contribution in [2.75, 3.05) is 5.32 Å². The van der Waals surface area contributed by atoms with Gasteiger partial charge >= 0.3 is 5.97 Å². The lowest BCUT2D eigenvalue weighted by Crippen LogP contribution is -2.22. The van der Waals surface area contributed by atoms with Crippen molar-refractivity contribution in [3.63, 3.8) is 0 Å². The first-order valence-corrected chi connectivity index (χ1v) is 9.08. The molecule has 0 fully saturated rings. The summed E-state index contributed by atoms with van der Waals surface area (Å²) < 4.78 is 1.67. The van der Waals surface area contributed by atoms with Crippen molar-refractivity contribution in [3.8, 4) is 11.1 Å². The van der Waals surface area contributed by atoms with Gasteiger partial charge in [-0.2, -0.15) is 5.10 Å². The van der Waals surface area contributed by atoms with Crippen molar-refractivity contribution in [1.29, 1.82) is 0 Å². The third-order valence-electron chi connectivity index (χ3n) is 4.36. The maximum Gasteiger partial charge on any atom is 0.346 e. The topological polar surface area (TPSA) is 84.2 Å². The van der Waals surface area contributed by atoms with Crippen LogP contribution in [0, 0.1) is 0 Å². The third kappa shape index (κ3) is 2.79. The van der Waals surface area contributed by atoms with Crippen molar-refractivity contribution in [2.24, 2.45) is 7.05 Å². The minimum atomic E-state index is -1.02. The van der Waals surface area contributed by atoms with E-state index in [0.717, 1.165) is 10.4 Å². The number of carbonyl (C=O) groups excluding carboxylic acids is 1. The summed E-state index contributed by atoms with van der Waals surface area (Å²) in [4.78, 5) is 25.2. The predicted octanol–water partition coefficient (Wildman–Crippen LogP) is 3.97. The van der Waals surface area contributed by atoms with Crippen molar-refractivity contribution in [1.82, 2.24) is 9.78 Å². The Balaban J connectivity index is 1.93. The first kappa shape index (κ1) is 16.8. The number of thiophene rings is 1. The molecular formula is C18H14ClN3O3S. The number of anilines is 1. The molecular weight excluding hydrogens is 374 g/mol. The Morgan fingerprint density at radius 2 is 2.12 bits per heavy atom. The van der Waals surface area contributed by atoms with Gasteiger partial charge in [-0.1, -0.05) is 23.7 Å². The van der Waals surface area contributed by atoms with Crippen molar-refractivity contribution in [2.45, 2.75) is 12.3 Å². The van der Waals surface area contributed by atoms with Gasteiger partial charge in [-0.25, -0.2) is 4.79 Å². The monoisotopic (exact) mass is 387 g/mol. The number of halogens is 1. The van der Waals surface area contributed by atoms with Crippen LogP contribution in [0.3, 0.4) is 0 Å². The van der Waals surface area contributed by atoms with E-state index in [0.29, 0.717) is 21.8 Å². The Morgan fingerprint density at radius 3 is 2.73 bits per heavy atom. The van der Waals surface area contributed by atoms with Crippen molar-refractivity contribution >= 4 is 40.5 Å². The van der Waals surface area contributed by atoms with E-state index in [2.05, 4.69) is 10.4 Å². The summed E-state index contributed by atoms with van der Waals surface area (Å²) in [5.41, 5.74) is 2.69. The van der Waals surface area contributed by atoms with Gasteiger partial charge in [0.25, 0.3) is 0 Å². The Hall–Kier alpha value is -2.64. The molecule has 0 bridgehead atoms. The van der Waals surface area contributed by atoms with Crippen LogP contribution in [-0.4, -0.2) is 26.8 Å². The van der Waals surface area contributed by atoms with Gasteiger partial charge in [-0.3, -0.25) is 9.48 Å². The number of fused-ring (bicyclic) bond motifs is 1. The Labute approximate surface area is 158 Å². The third-order valence-corrected chi connectivity index (χ3v) is 5.90. The molecule has 0 saturated carbocycles. The van der Waals surface area contributed by atoms with Crippen LogP contribution in [0.2, 0.25) is 5.02 Å². The van der Waals surface area contributed by atoms with Crippen LogP contribution >= 0.6 is 22.9 Å². The summed E-state index contributed by atoms with van der Waals surface area (Å²) in [5, 5.41) is 17.3. The molecule has 0 unspecified atom stereocenters. The minimum Gasteiger partial charge on any atom is -0.477 e. The van der Waals surface area contributed by atoms with Crippen LogP contribution in [0.1, 0.15) is 32.5 Å². The summed E-state index contributed by atoms with van der Waals surface area (Å²) >= 11 is 7.15. The van der Waals surface area contributed by atoms with E-state index in [9.17, 15) is 14.7 Å². The molecule has 6 nitrogen and oxygen atoms in total. The zero-order valence-corrected chi connectivity index (χ0v) is 15.3. The van der Waals surface area contributed by atoms with Gasteiger partial charge in [0.2, 0.25) is 5.91 Å². The molecule has 1 aliphatic rings. The van der Waals surface area contributed by atoms with E-state index in [4.69, 9.17) is 11.6 Å². The van der Waals surface area contributed by atoms with Crippen LogP contribution in [0.4, 0.5) is 5.69 Å². The lowest BCUT2D eigenvalue weighted by molar-refractivity contribution is -0.116. The molecule has 0 saturated heterocycles. The van der Waals surface area contributed by atoms with Gasteiger partial charge in [0, 0.05) is 41.0 Å². The fourth-order valence-corrected chi connectivity index (χ4v) is 4.59. The summed E-state index contributed by atoms with van der Waals surface area (Å²) in [7, 11) is 1.81. The molecule has 132 valence electrons. The number of benzene rings is 1. The Bertz CT molecular complexity index is 1020. The number of aryl methyl sites for hydroxylation is 1. The summed E-state index contributed by atoms with van der Waals surface area (Å²) in [6, 6.07) is 6.93. The lowest BCUT2D eigenvalue weighted by Gasteiger charge is -2.22. The molecule has 3 heterocycles. The predicted molar refractivity (Wildman–Crippen MR) is 100 cm³/mol. The maximum absolute atomic E-state index is 12.3. The second-order valence-electron chi connectivity index (χ2n) is 6.11. The molecule has 2 N–H and O–H groups in total. The molecule has 0 radical (unpaired) electrons. The summed E-state index contributed by atoms with van der Waals surface area (Å²) in [6.07, 6.45) is 3.84. The number of carboxylic acids is 1. The smallest absolute Gasteiger partial charge is 0.346 e. The van der Waals surface area contributed by atoms with E-state index in [-0.39, 0.29) is 23.1 Å². The molecule has 0 aliphatic carbocycles. The fourth-order valence-electron chi connectivity index (χ4n) is 3.22. The molecule has 1 atom stereocenters. The van der Waals surface area contributed by atoms with Crippen LogP contribution in [0.25, 0.3) is 11.1 Å². The maximum atomic E-state index is 12.3. The van der Waals surface area contributed by atoms with E-state index in [1.807, 2.05) is 13.2 Å². The van der Waals surface area contributed by atoms with Gasteiger partial charge in [0.05, 0.1) is 11.9 Å². The molecule has 4 rings (SSSR count). The van der Waals surface area contributed by atoms with Gasteiger partial charge in [0.15, 0.2) is 0 Å². The largest absolute Gasteiger partial charge is 0.477 e. The number of carboxylic acid groups (broad SMARTS) is 1. The zero-order valence-electron chi connectivity index (χ0n) is 13.7. The number of nitrogens with one attached hydrogen (secondary N) is 1. The Morgan fingerprint density at radius 1 is 1.38 bits per heavy atom. The van der Waals surface area contributed by atoms with E-state index in [1.165, 1.54) is 11.3 Å². The van der Waals surface area contributed by atoms with E-state index < -0.39 is 5.97 Å². The van der Waals surface area contributed by atoms with Gasteiger partial charge in [-0.15, -0.1) is 11.3 Å². The minimum absolute atomic E-state index is 0.142. The van der Waals surface area contributed by atoms with Gasteiger partial charge in [-0.05, 0) is 23.3 Å². The second kappa shape index (κ2) is 6.26.